The number of halogens is 3. The predicted octanol–water partition coefficient (Wildman–Crippen LogP) is 3.42. The molecular formula is C12H9Br3O3. The third-order valence-electron chi connectivity index (χ3n) is 2.31. The van der Waals surface area contributed by atoms with Crippen LogP contribution in [-0.4, -0.2) is 33.3 Å². The summed E-state index contributed by atoms with van der Waals surface area (Å²) in [5.74, 6) is -0.530. The molecule has 0 aliphatic carbocycles. The van der Waals surface area contributed by atoms with Crippen LogP contribution in [0.4, 0.5) is 0 Å². The zero-order valence-corrected chi connectivity index (χ0v) is 14.0. The van der Waals surface area contributed by atoms with Crippen LogP contribution in [0, 0.1) is 0 Å². The van der Waals surface area contributed by atoms with E-state index < -0.39 is 0 Å². The van der Waals surface area contributed by atoms with E-state index >= 15 is 0 Å². The molecule has 0 saturated carbocycles. The van der Waals surface area contributed by atoms with Gasteiger partial charge in [-0.05, 0) is 12.1 Å². The first-order valence-electron chi connectivity index (χ1n) is 4.96. The Morgan fingerprint density at radius 3 is 1.78 bits per heavy atom. The molecule has 0 heterocycles. The largest absolute Gasteiger partial charge is 0.293 e. The number of ketones is 3. The van der Waals surface area contributed by atoms with E-state index in [1.807, 2.05) is 0 Å². The molecule has 0 spiro atoms. The summed E-state index contributed by atoms with van der Waals surface area (Å²) in [6, 6.07) is 4.56. The van der Waals surface area contributed by atoms with Crippen molar-refractivity contribution >= 4 is 65.1 Å². The Labute approximate surface area is 130 Å². The molecule has 0 aliphatic rings. The van der Waals surface area contributed by atoms with E-state index in [2.05, 4.69) is 47.8 Å². The first-order chi connectivity index (χ1) is 8.54. The highest BCUT2D eigenvalue weighted by Gasteiger charge is 2.17. The highest BCUT2D eigenvalue weighted by atomic mass is 79.9. The van der Waals surface area contributed by atoms with E-state index in [1.165, 1.54) is 12.1 Å². The molecule has 0 aliphatic heterocycles. The van der Waals surface area contributed by atoms with Gasteiger partial charge in [-0.25, -0.2) is 0 Å². The summed E-state index contributed by atoms with van der Waals surface area (Å²) in [4.78, 5) is 35.0. The fraction of sp³-hybridized carbons (Fsp3) is 0.250. The Bertz CT molecular complexity index is 497. The van der Waals surface area contributed by atoms with Gasteiger partial charge >= 0.3 is 0 Å². The van der Waals surface area contributed by atoms with Gasteiger partial charge in [0.1, 0.15) is 0 Å². The maximum atomic E-state index is 11.8. The summed E-state index contributed by atoms with van der Waals surface area (Å²) >= 11 is 9.21. The average molecular weight is 441 g/mol. The number of hydrogen-bond donors (Lipinski definition) is 0. The summed E-state index contributed by atoms with van der Waals surface area (Å²) < 4.78 is 0. The van der Waals surface area contributed by atoms with Crippen LogP contribution < -0.4 is 0 Å². The van der Waals surface area contributed by atoms with Crippen LogP contribution in [0.2, 0.25) is 0 Å². The maximum Gasteiger partial charge on any atom is 0.174 e. The summed E-state index contributed by atoms with van der Waals surface area (Å²) in [7, 11) is 0. The van der Waals surface area contributed by atoms with Gasteiger partial charge < -0.3 is 0 Å². The molecular weight excluding hydrogens is 432 g/mol. The zero-order valence-electron chi connectivity index (χ0n) is 9.21. The highest BCUT2D eigenvalue weighted by Crippen LogP contribution is 2.17. The molecule has 1 rings (SSSR count). The van der Waals surface area contributed by atoms with Crippen LogP contribution in [-0.2, 0) is 0 Å². The van der Waals surface area contributed by atoms with Gasteiger partial charge in [-0.2, -0.15) is 0 Å². The Morgan fingerprint density at radius 1 is 0.778 bits per heavy atom. The first-order valence-corrected chi connectivity index (χ1v) is 8.33. The normalized spacial score (nSPS) is 10.2. The molecule has 0 bridgehead atoms. The van der Waals surface area contributed by atoms with E-state index in [0.717, 1.165) is 0 Å². The molecule has 0 aromatic heterocycles. The van der Waals surface area contributed by atoms with E-state index in [0.29, 0.717) is 11.1 Å². The second-order valence-electron chi connectivity index (χ2n) is 3.43. The number of alkyl halides is 3. The molecule has 18 heavy (non-hydrogen) atoms. The smallest absolute Gasteiger partial charge is 0.174 e. The lowest BCUT2D eigenvalue weighted by molar-refractivity contribution is 0.0985. The average Bonchev–Trinajstić information content (AvgIpc) is 2.43. The van der Waals surface area contributed by atoms with Crippen LogP contribution >= 0.6 is 47.8 Å². The second kappa shape index (κ2) is 7.31. The van der Waals surface area contributed by atoms with E-state index in [4.69, 9.17) is 0 Å². The quantitative estimate of drug-likeness (QED) is 0.503. The van der Waals surface area contributed by atoms with E-state index in [1.54, 1.807) is 6.07 Å². The number of carbonyl (C=O) groups is 3. The topological polar surface area (TPSA) is 51.2 Å². The molecule has 0 saturated heterocycles. The fourth-order valence-corrected chi connectivity index (χ4v) is 2.34. The summed E-state index contributed by atoms with van der Waals surface area (Å²) in [5, 5.41) is 0.434. The number of rotatable bonds is 6. The molecule has 6 heteroatoms. The molecule has 1 aromatic rings. The van der Waals surface area contributed by atoms with Crippen molar-refractivity contribution in [1.29, 1.82) is 0 Å². The van der Waals surface area contributed by atoms with Crippen molar-refractivity contribution in [3.8, 4) is 0 Å². The minimum Gasteiger partial charge on any atom is -0.293 e. The second-order valence-corrected chi connectivity index (χ2v) is 5.11. The van der Waals surface area contributed by atoms with Crippen molar-refractivity contribution in [2.75, 3.05) is 16.0 Å². The molecule has 96 valence electrons. The first kappa shape index (κ1) is 15.7. The van der Waals surface area contributed by atoms with E-state index in [9.17, 15) is 14.4 Å². The minimum atomic E-state index is -0.219. The number of hydrogen-bond acceptors (Lipinski definition) is 3. The summed E-state index contributed by atoms with van der Waals surface area (Å²) in [6.07, 6.45) is 0. The predicted molar refractivity (Wildman–Crippen MR) is 80.8 cm³/mol. The maximum absolute atomic E-state index is 11.8. The molecule has 0 radical (unpaired) electrons. The summed E-state index contributed by atoms with van der Waals surface area (Å²) in [6.45, 7) is 0. The standard InChI is InChI=1S/C12H9Br3O3/c13-4-10(16)7-1-2-8(11(17)5-14)9(3-7)12(18)6-15/h1-3H,4-6H2. The van der Waals surface area contributed by atoms with Gasteiger partial charge in [-0.1, -0.05) is 53.9 Å². The lowest BCUT2D eigenvalue weighted by Crippen LogP contribution is -2.13. The van der Waals surface area contributed by atoms with Crippen LogP contribution in [0.1, 0.15) is 31.1 Å². The molecule has 0 amide bonds. The zero-order chi connectivity index (χ0) is 13.7. The van der Waals surface area contributed by atoms with Crippen molar-refractivity contribution in [2.24, 2.45) is 0 Å². The van der Waals surface area contributed by atoms with E-state index in [-0.39, 0.29) is 38.9 Å². The number of benzene rings is 1. The molecule has 0 fully saturated rings. The molecule has 0 atom stereocenters. The Morgan fingerprint density at radius 2 is 1.28 bits per heavy atom. The van der Waals surface area contributed by atoms with Crippen molar-refractivity contribution in [2.45, 2.75) is 0 Å². The van der Waals surface area contributed by atoms with Crippen LogP contribution in [0.3, 0.4) is 0 Å². The van der Waals surface area contributed by atoms with Crippen LogP contribution in [0.5, 0.6) is 0 Å². The third-order valence-corrected chi connectivity index (χ3v) is 3.83. The number of Topliss-reactive ketones (excluding diaryl/α,β-unsaturated/α-hetero) is 3. The molecule has 3 nitrogen and oxygen atoms in total. The van der Waals surface area contributed by atoms with Gasteiger partial charge in [-0.15, -0.1) is 0 Å². The van der Waals surface area contributed by atoms with Crippen molar-refractivity contribution in [3.05, 3.63) is 34.9 Å². The lowest BCUT2D eigenvalue weighted by Gasteiger charge is -2.07. The van der Waals surface area contributed by atoms with Gasteiger partial charge in [0.15, 0.2) is 17.3 Å². The monoisotopic (exact) mass is 438 g/mol. The SMILES string of the molecule is O=C(CBr)c1ccc(C(=O)CBr)c(C(=O)CBr)c1. The summed E-state index contributed by atoms with van der Waals surface area (Å²) in [5.41, 5.74) is 1.04. The minimum absolute atomic E-state index is 0.113. The fourth-order valence-electron chi connectivity index (χ4n) is 1.41. The van der Waals surface area contributed by atoms with Crippen molar-refractivity contribution in [3.63, 3.8) is 0 Å². The molecule has 1 aromatic carbocycles. The van der Waals surface area contributed by atoms with Gasteiger partial charge in [0.25, 0.3) is 0 Å². The van der Waals surface area contributed by atoms with Crippen LogP contribution in [0.15, 0.2) is 18.2 Å². The highest BCUT2D eigenvalue weighted by molar-refractivity contribution is 9.09. The van der Waals surface area contributed by atoms with Gasteiger partial charge in [0.05, 0.1) is 16.0 Å². The molecule has 0 N–H and O–H groups in total. The van der Waals surface area contributed by atoms with Crippen LogP contribution in [0.25, 0.3) is 0 Å². The Kier molecular flexibility index (Phi) is 6.38. The molecule has 0 unspecified atom stereocenters. The van der Waals surface area contributed by atoms with Crippen molar-refractivity contribution < 1.29 is 14.4 Å². The van der Waals surface area contributed by atoms with Gasteiger partial charge in [-0.3, -0.25) is 14.4 Å². The van der Waals surface area contributed by atoms with Gasteiger partial charge in [0, 0.05) is 16.7 Å². The lowest BCUT2D eigenvalue weighted by atomic mass is 9.97. The van der Waals surface area contributed by atoms with Crippen molar-refractivity contribution in [1.82, 2.24) is 0 Å². The third kappa shape index (κ3) is 3.59. The number of carbonyl (C=O) groups excluding carboxylic acids is 3. The van der Waals surface area contributed by atoms with Gasteiger partial charge in [0.2, 0.25) is 0 Å². The Balaban J connectivity index is 3.33. The Hall–Kier alpha value is -0.330.